The zero-order valence-electron chi connectivity index (χ0n) is 23.4. The number of aliphatic hydroxyl groups is 1. The summed E-state index contributed by atoms with van der Waals surface area (Å²) in [7, 11) is 1.94. The molecule has 4 N–H and O–H groups in total. The second kappa shape index (κ2) is 13.3. The van der Waals surface area contributed by atoms with Crippen molar-refractivity contribution < 1.29 is 29.3 Å². The van der Waals surface area contributed by atoms with Crippen LogP contribution in [0.1, 0.15) is 40.1 Å². The van der Waals surface area contributed by atoms with E-state index in [2.05, 4.69) is 15.5 Å². The molecule has 4 rings (SSSR count). The van der Waals surface area contributed by atoms with E-state index in [-0.39, 0.29) is 35.8 Å². The molecule has 0 bridgehead atoms. The SMILES string of the molecule is C[C@H](CO)N1C[C@H](C)[C@@H](CN(C)Cc2ccc(C(=O)O)cc2)Oc2c(NC(=O)Nc3ccccc3)cccc2C1=O. The normalized spacial score (nSPS) is 17.6. The maximum absolute atomic E-state index is 13.7. The number of ether oxygens (including phenoxy) is 1. The molecule has 0 spiro atoms. The molecular weight excluding hydrogens is 524 g/mol. The van der Waals surface area contributed by atoms with Crippen molar-refractivity contribution in [2.75, 3.05) is 37.4 Å². The lowest BCUT2D eigenvalue weighted by Gasteiger charge is -2.38. The first-order chi connectivity index (χ1) is 19.7. The van der Waals surface area contributed by atoms with Gasteiger partial charge in [0.25, 0.3) is 5.91 Å². The van der Waals surface area contributed by atoms with Crippen LogP contribution in [0.15, 0.2) is 72.8 Å². The second-order valence-electron chi connectivity index (χ2n) is 10.4. The van der Waals surface area contributed by atoms with Gasteiger partial charge in [0.15, 0.2) is 5.75 Å². The van der Waals surface area contributed by atoms with Gasteiger partial charge < -0.3 is 30.5 Å². The van der Waals surface area contributed by atoms with Gasteiger partial charge in [-0.25, -0.2) is 9.59 Å². The molecule has 0 aliphatic carbocycles. The molecule has 0 saturated carbocycles. The fourth-order valence-electron chi connectivity index (χ4n) is 4.80. The minimum absolute atomic E-state index is 0.121. The fraction of sp³-hybridized carbons (Fsp3) is 0.323. The molecule has 216 valence electrons. The Morgan fingerprint density at radius 3 is 2.41 bits per heavy atom. The van der Waals surface area contributed by atoms with Crippen LogP contribution in [0.25, 0.3) is 0 Å². The standard InChI is InChI=1S/C31H36N4O6/c1-20-16-35(21(2)19-36)29(37)25-10-7-11-26(33-31(40)32-24-8-5-4-6-9-24)28(25)41-27(20)18-34(3)17-22-12-14-23(15-13-22)30(38)39/h4-15,20-21,27,36H,16-19H2,1-3H3,(H,38,39)(H2,32,33,40)/t20-,21+,27+/m0/s1. The van der Waals surface area contributed by atoms with Crippen molar-refractivity contribution in [2.24, 2.45) is 5.92 Å². The number of benzene rings is 3. The van der Waals surface area contributed by atoms with Crippen LogP contribution >= 0.6 is 0 Å². The molecule has 0 unspecified atom stereocenters. The van der Waals surface area contributed by atoms with Crippen LogP contribution in [0.4, 0.5) is 16.2 Å². The molecule has 10 nitrogen and oxygen atoms in total. The molecule has 3 atom stereocenters. The molecule has 3 amide bonds. The zero-order valence-corrected chi connectivity index (χ0v) is 23.4. The summed E-state index contributed by atoms with van der Waals surface area (Å²) in [4.78, 5) is 41.4. The highest BCUT2D eigenvalue weighted by molar-refractivity contribution is 6.04. The van der Waals surface area contributed by atoms with Gasteiger partial charge >= 0.3 is 12.0 Å². The molecule has 1 aliphatic rings. The number of carbonyl (C=O) groups excluding carboxylic acids is 2. The highest BCUT2D eigenvalue weighted by Gasteiger charge is 2.34. The summed E-state index contributed by atoms with van der Waals surface area (Å²) in [6.07, 6.45) is -0.376. The number of hydrogen-bond donors (Lipinski definition) is 4. The molecule has 0 aromatic heterocycles. The van der Waals surface area contributed by atoms with E-state index in [4.69, 9.17) is 4.74 Å². The maximum Gasteiger partial charge on any atom is 0.335 e. The minimum atomic E-state index is -0.974. The fourth-order valence-corrected chi connectivity index (χ4v) is 4.80. The zero-order chi connectivity index (χ0) is 29.5. The maximum atomic E-state index is 13.7. The Hall–Kier alpha value is -4.41. The van der Waals surface area contributed by atoms with Crippen molar-refractivity contribution in [1.29, 1.82) is 0 Å². The van der Waals surface area contributed by atoms with E-state index in [1.54, 1.807) is 66.4 Å². The average Bonchev–Trinajstić information content (AvgIpc) is 2.95. The van der Waals surface area contributed by atoms with Gasteiger partial charge in [-0.15, -0.1) is 0 Å². The Morgan fingerprint density at radius 2 is 1.76 bits per heavy atom. The van der Waals surface area contributed by atoms with Crippen molar-refractivity contribution in [1.82, 2.24) is 9.80 Å². The van der Waals surface area contributed by atoms with Crippen molar-refractivity contribution in [3.8, 4) is 5.75 Å². The van der Waals surface area contributed by atoms with Crippen LogP contribution in [-0.4, -0.2) is 76.8 Å². The summed E-state index contributed by atoms with van der Waals surface area (Å²) in [5.41, 5.74) is 2.44. The van der Waals surface area contributed by atoms with Gasteiger partial charge in [0.2, 0.25) is 0 Å². The van der Waals surface area contributed by atoms with Crippen LogP contribution in [-0.2, 0) is 6.54 Å². The molecule has 10 heteroatoms. The largest absolute Gasteiger partial charge is 0.486 e. The topological polar surface area (TPSA) is 131 Å². The lowest BCUT2D eigenvalue weighted by Crippen LogP contribution is -2.49. The number of nitrogens with zero attached hydrogens (tertiary/aromatic N) is 2. The highest BCUT2D eigenvalue weighted by Crippen LogP contribution is 2.35. The van der Waals surface area contributed by atoms with E-state index >= 15 is 0 Å². The molecule has 1 heterocycles. The Morgan fingerprint density at radius 1 is 1.05 bits per heavy atom. The van der Waals surface area contributed by atoms with E-state index in [9.17, 15) is 24.6 Å². The molecule has 0 saturated heterocycles. The highest BCUT2D eigenvalue weighted by atomic mass is 16.5. The monoisotopic (exact) mass is 560 g/mol. The van der Waals surface area contributed by atoms with E-state index in [1.807, 2.05) is 32.2 Å². The van der Waals surface area contributed by atoms with Gasteiger partial charge in [-0.3, -0.25) is 9.69 Å². The van der Waals surface area contributed by atoms with Crippen LogP contribution < -0.4 is 15.4 Å². The number of hydrogen-bond acceptors (Lipinski definition) is 6. The number of aliphatic hydroxyl groups excluding tert-OH is 1. The van der Waals surface area contributed by atoms with Crippen LogP contribution in [0.3, 0.4) is 0 Å². The van der Waals surface area contributed by atoms with Gasteiger partial charge in [-0.05, 0) is 55.9 Å². The molecule has 3 aromatic rings. The van der Waals surface area contributed by atoms with Gasteiger partial charge in [0, 0.05) is 31.2 Å². The number of fused-ring (bicyclic) bond motifs is 1. The average molecular weight is 561 g/mol. The van der Waals surface area contributed by atoms with E-state index < -0.39 is 18.0 Å². The first-order valence-corrected chi connectivity index (χ1v) is 13.5. The quantitative estimate of drug-likeness (QED) is 0.305. The summed E-state index contributed by atoms with van der Waals surface area (Å²) >= 11 is 0. The number of nitrogens with one attached hydrogen (secondary N) is 2. The number of rotatable bonds is 9. The van der Waals surface area contributed by atoms with Crippen LogP contribution in [0.2, 0.25) is 0 Å². The number of aromatic carboxylic acids is 1. The van der Waals surface area contributed by atoms with Gasteiger partial charge in [-0.2, -0.15) is 0 Å². The molecular formula is C31H36N4O6. The Kier molecular flexibility index (Phi) is 9.59. The van der Waals surface area contributed by atoms with E-state index in [0.717, 1.165) is 5.56 Å². The number of amides is 3. The minimum Gasteiger partial charge on any atom is -0.486 e. The Bertz CT molecular complexity index is 1360. The van der Waals surface area contributed by atoms with Crippen LogP contribution in [0, 0.1) is 5.92 Å². The molecule has 41 heavy (non-hydrogen) atoms. The summed E-state index contributed by atoms with van der Waals surface area (Å²) in [5.74, 6) is -1.11. The number of para-hydroxylation sites is 2. The molecule has 0 fully saturated rings. The predicted octanol–water partition coefficient (Wildman–Crippen LogP) is 4.38. The summed E-state index contributed by atoms with van der Waals surface area (Å²) in [6, 6.07) is 19.9. The smallest absolute Gasteiger partial charge is 0.335 e. The van der Waals surface area contributed by atoms with Crippen molar-refractivity contribution in [2.45, 2.75) is 32.5 Å². The van der Waals surface area contributed by atoms with Gasteiger partial charge in [0.05, 0.1) is 29.5 Å². The van der Waals surface area contributed by atoms with Crippen molar-refractivity contribution in [3.63, 3.8) is 0 Å². The first kappa shape index (κ1) is 29.6. The van der Waals surface area contributed by atoms with Gasteiger partial charge in [-0.1, -0.05) is 43.3 Å². The lowest BCUT2D eigenvalue weighted by molar-refractivity contribution is 0.0343. The number of carboxylic acids is 1. The number of anilines is 2. The number of urea groups is 1. The summed E-state index contributed by atoms with van der Waals surface area (Å²) in [6.45, 7) is 5.01. The number of carbonyl (C=O) groups is 3. The third kappa shape index (κ3) is 7.41. The second-order valence-corrected chi connectivity index (χ2v) is 10.4. The first-order valence-electron chi connectivity index (χ1n) is 13.5. The Labute approximate surface area is 239 Å². The van der Waals surface area contributed by atoms with Crippen molar-refractivity contribution >= 4 is 29.3 Å². The van der Waals surface area contributed by atoms with Crippen LogP contribution in [0.5, 0.6) is 5.75 Å². The molecule has 1 aliphatic heterocycles. The number of likely N-dealkylation sites (N-methyl/N-ethyl adjacent to an activating group) is 1. The molecule has 3 aromatic carbocycles. The summed E-state index contributed by atoms with van der Waals surface area (Å²) in [5, 5.41) is 24.7. The van der Waals surface area contributed by atoms with E-state index in [0.29, 0.717) is 36.6 Å². The van der Waals surface area contributed by atoms with Crippen molar-refractivity contribution in [3.05, 3.63) is 89.5 Å². The molecule has 0 radical (unpaired) electrons. The summed E-state index contributed by atoms with van der Waals surface area (Å²) < 4.78 is 6.55. The predicted molar refractivity (Wildman–Crippen MR) is 156 cm³/mol. The lowest BCUT2D eigenvalue weighted by atomic mass is 9.98. The Balaban J connectivity index is 1.60. The van der Waals surface area contributed by atoms with E-state index in [1.165, 1.54) is 0 Å². The third-order valence-electron chi connectivity index (χ3n) is 7.12. The van der Waals surface area contributed by atoms with Gasteiger partial charge in [0.1, 0.15) is 6.10 Å². The number of carboxylic acid groups (broad SMARTS) is 1. The third-order valence-corrected chi connectivity index (χ3v) is 7.12.